The van der Waals surface area contributed by atoms with Gasteiger partial charge in [0.05, 0.1) is 6.54 Å². The van der Waals surface area contributed by atoms with E-state index in [9.17, 15) is 0 Å². The second-order valence-electron chi connectivity index (χ2n) is 5.38. The molecule has 6 nitrogen and oxygen atoms in total. The standard InChI is InChI=1S/C15H22N6S.ClH/c1-2-9-21-14(13-4-7-16-8-5-13)18-19-15(21)22-12-11-20-10-3-6-17-20;/h2-3,6,10,13,16H,1,4-5,7-9,11-12H2;1H. The van der Waals surface area contributed by atoms with Crippen molar-refractivity contribution in [2.45, 2.75) is 37.0 Å². The molecule has 0 bridgehead atoms. The summed E-state index contributed by atoms with van der Waals surface area (Å²) in [5.41, 5.74) is 0. The van der Waals surface area contributed by atoms with Crippen molar-refractivity contribution in [2.75, 3.05) is 18.8 Å². The van der Waals surface area contributed by atoms with Crippen LogP contribution in [0.3, 0.4) is 0 Å². The fourth-order valence-corrected chi connectivity index (χ4v) is 3.64. The van der Waals surface area contributed by atoms with Crippen LogP contribution in [0.4, 0.5) is 0 Å². The van der Waals surface area contributed by atoms with Gasteiger partial charge in [0.2, 0.25) is 0 Å². The first kappa shape index (κ1) is 18.0. The Balaban J connectivity index is 0.00000192. The van der Waals surface area contributed by atoms with Crippen molar-refractivity contribution >= 4 is 24.2 Å². The van der Waals surface area contributed by atoms with Crippen LogP contribution in [0.2, 0.25) is 0 Å². The lowest BCUT2D eigenvalue weighted by molar-refractivity contribution is 0.431. The zero-order valence-electron chi connectivity index (χ0n) is 13.1. The second kappa shape index (κ2) is 9.10. The van der Waals surface area contributed by atoms with E-state index in [1.807, 2.05) is 23.0 Å². The molecule has 0 amide bonds. The summed E-state index contributed by atoms with van der Waals surface area (Å²) in [4.78, 5) is 0. The summed E-state index contributed by atoms with van der Waals surface area (Å²) in [6, 6.07) is 1.94. The van der Waals surface area contributed by atoms with Crippen LogP contribution >= 0.6 is 24.2 Å². The van der Waals surface area contributed by atoms with Crippen LogP contribution in [0, 0.1) is 0 Å². The molecule has 0 spiro atoms. The molecule has 0 saturated carbocycles. The summed E-state index contributed by atoms with van der Waals surface area (Å²) in [7, 11) is 0. The quantitative estimate of drug-likeness (QED) is 0.611. The molecular formula is C15H23ClN6S. The van der Waals surface area contributed by atoms with Crippen LogP contribution in [-0.2, 0) is 13.1 Å². The molecule has 0 radical (unpaired) electrons. The Hall–Kier alpha value is -1.31. The number of aryl methyl sites for hydroxylation is 1. The number of hydrogen-bond donors (Lipinski definition) is 1. The van der Waals surface area contributed by atoms with Crippen molar-refractivity contribution in [1.29, 1.82) is 0 Å². The van der Waals surface area contributed by atoms with E-state index < -0.39 is 0 Å². The minimum atomic E-state index is 0. The van der Waals surface area contributed by atoms with Crippen LogP contribution in [-0.4, -0.2) is 43.4 Å². The Bertz CT molecular complexity index is 591. The largest absolute Gasteiger partial charge is 0.317 e. The topological polar surface area (TPSA) is 60.6 Å². The molecule has 3 heterocycles. The van der Waals surface area contributed by atoms with Gasteiger partial charge < -0.3 is 9.88 Å². The van der Waals surface area contributed by atoms with E-state index in [0.717, 1.165) is 55.8 Å². The lowest BCUT2D eigenvalue weighted by Gasteiger charge is -2.22. The summed E-state index contributed by atoms with van der Waals surface area (Å²) < 4.78 is 4.16. The first-order valence-corrected chi connectivity index (χ1v) is 8.72. The number of aromatic nitrogens is 5. The van der Waals surface area contributed by atoms with Gasteiger partial charge in [-0.1, -0.05) is 17.8 Å². The fourth-order valence-electron chi connectivity index (χ4n) is 2.75. The minimum Gasteiger partial charge on any atom is -0.317 e. The highest BCUT2D eigenvalue weighted by Gasteiger charge is 2.22. The maximum Gasteiger partial charge on any atom is 0.191 e. The van der Waals surface area contributed by atoms with E-state index in [1.54, 1.807) is 18.0 Å². The maximum absolute atomic E-state index is 4.47. The van der Waals surface area contributed by atoms with Gasteiger partial charge in [0.25, 0.3) is 0 Å². The molecule has 1 N–H and O–H groups in total. The smallest absolute Gasteiger partial charge is 0.191 e. The Morgan fingerprint density at radius 1 is 1.35 bits per heavy atom. The minimum absolute atomic E-state index is 0. The van der Waals surface area contributed by atoms with Crippen molar-refractivity contribution < 1.29 is 0 Å². The number of nitrogens with zero attached hydrogens (tertiary/aromatic N) is 5. The molecule has 1 saturated heterocycles. The van der Waals surface area contributed by atoms with Crippen LogP contribution < -0.4 is 5.32 Å². The number of nitrogens with one attached hydrogen (secondary N) is 1. The van der Waals surface area contributed by atoms with Gasteiger partial charge in [0, 0.05) is 30.6 Å². The number of thioether (sulfide) groups is 1. The highest BCUT2D eigenvalue weighted by Crippen LogP contribution is 2.27. The first-order valence-electron chi connectivity index (χ1n) is 7.73. The molecule has 1 fully saturated rings. The van der Waals surface area contributed by atoms with Gasteiger partial charge in [-0.25, -0.2) is 0 Å². The fraction of sp³-hybridized carbons (Fsp3) is 0.533. The van der Waals surface area contributed by atoms with Crippen LogP contribution in [0.5, 0.6) is 0 Å². The third-order valence-corrected chi connectivity index (χ3v) is 4.82. The summed E-state index contributed by atoms with van der Waals surface area (Å²) in [5.74, 6) is 2.56. The second-order valence-corrected chi connectivity index (χ2v) is 6.44. The average molecular weight is 355 g/mol. The number of piperidine rings is 1. The molecule has 0 aliphatic carbocycles. The zero-order chi connectivity index (χ0) is 15.2. The highest BCUT2D eigenvalue weighted by atomic mass is 35.5. The molecule has 1 aliphatic heterocycles. The summed E-state index contributed by atoms with van der Waals surface area (Å²) >= 11 is 1.74. The van der Waals surface area contributed by atoms with E-state index >= 15 is 0 Å². The third-order valence-electron chi connectivity index (χ3n) is 3.87. The predicted octanol–water partition coefficient (Wildman–Crippen LogP) is 2.34. The Labute approximate surface area is 147 Å². The molecular weight excluding hydrogens is 332 g/mol. The Morgan fingerprint density at radius 3 is 2.87 bits per heavy atom. The first-order chi connectivity index (χ1) is 10.9. The van der Waals surface area contributed by atoms with Gasteiger partial charge in [-0.2, -0.15) is 5.10 Å². The summed E-state index contributed by atoms with van der Waals surface area (Å²) in [6.07, 6.45) is 7.97. The average Bonchev–Trinajstić information content (AvgIpc) is 3.19. The van der Waals surface area contributed by atoms with Crippen LogP contribution in [0.1, 0.15) is 24.6 Å². The SMILES string of the molecule is C=CCn1c(SCCn2cccn2)nnc1C1CCNCC1.Cl. The molecule has 2 aromatic heterocycles. The lowest BCUT2D eigenvalue weighted by atomic mass is 9.97. The third kappa shape index (κ3) is 4.59. The van der Waals surface area contributed by atoms with E-state index in [2.05, 4.69) is 31.8 Å². The molecule has 8 heteroatoms. The predicted molar refractivity (Wildman–Crippen MR) is 95.3 cm³/mol. The molecule has 23 heavy (non-hydrogen) atoms. The Kier molecular flexibility index (Phi) is 7.14. The van der Waals surface area contributed by atoms with Crippen LogP contribution in [0.15, 0.2) is 36.3 Å². The summed E-state index contributed by atoms with van der Waals surface area (Å²) in [6.45, 7) is 7.65. The number of rotatable bonds is 7. The van der Waals surface area contributed by atoms with Crippen molar-refractivity contribution in [1.82, 2.24) is 29.9 Å². The van der Waals surface area contributed by atoms with Gasteiger partial charge in [0.15, 0.2) is 5.16 Å². The maximum atomic E-state index is 4.47. The molecule has 2 aromatic rings. The van der Waals surface area contributed by atoms with Gasteiger partial charge in [0.1, 0.15) is 5.82 Å². The van der Waals surface area contributed by atoms with E-state index in [0.29, 0.717) is 5.92 Å². The van der Waals surface area contributed by atoms with Crippen molar-refractivity contribution in [3.05, 3.63) is 36.9 Å². The van der Waals surface area contributed by atoms with E-state index in [4.69, 9.17) is 0 Å². The van der Waals surface area contributed by atoms with Crippen molar-refractivity contribution in [3.8, 4) is 0 Å². The van der Waals surface area contributed by atoms with Crippen molar-refractivity contribution in [3.63, 3.8) is 0 Å². The monoisotopic (exact) mass is 354 g/mol. The number of hydrogen-bond acceptors (Lipinski definition) is 5. The van der Waals surface area contributed by atoms with Gasteiger partial charge in [-0.05, 0) is 32.0 Å². The molecule has 0 aromatic carbocycles. The van der Waals surface area contributed by atoms with Crippen molar-refractivity contribution in [2.24, 2.45) is 0 Å². The summed E-state index contributed by atoms with van der Waals surface area (Å²) in [5, 5.41) is 17.5. The molecule has 0 atom stereocenters. The number of allylic oxidation sites excluding steroid dienone is 1. The van der Waals surface area contributed by atoms with E-state index in [1.165, 1.54) is 0 Å². The molecule has 0 unspecified atom stereocenters. The van der Waals surface area contributed by atoms with Gasteiger partial charge in [-0.3, -0.25) is 4.68 Å². The van der Waals surface area contributed by atoms with Gasteiger partial charge >= 0.3 is 0 Å². The normalized spacial score (nSPS) is 15.3. The van der Waals surface area contributed by atoms with Crippen LogP contribution in [0.25, 0.3) is 0 Å². The molecule has 3 rings (SSSR count). The highest BCUT2D eigenvalue weighted by molar-refractivity contribution is 7.99. The van der Waals surface area contributed by atoms with E-state index in [-0.39, 0.29) is 12.4 Å². The molecule has 126 valence electrons. The lowest BCUT2D eigenvalue weighted by Crippen LogP contribution is -2.28. The Morgan fingerprint density at radius 2 is 2.17 bits per heavy atom. The number of halogens is 1. The zero-order valence-corrected chi connectivity index (χ0v) is 14.7. The molecule has 1 aliphatic rings. The van der Waals surface area contributed by atoms with Gasteiger partial charge in [-0.15, -0.1) is 29.2 Å².